The molecule has 80 valence electrons. The van der Waals surface area contributed by atoms with Crippen molar-refractivity contribution < 1.29 is 8.42 Å². The molecule has 1 rings (SSSR count). The fourth-order valence-corrected chi connectivity index (χ4v) is 2.03. The number of sulfonamides is 1. The molecule has 6 heteroatoms. The maximum atomic E-state index is 11.5. The number of aromatic amines is 1. The van der Waals surface area contributed by atoms with Crippen LogP contribution in [0.15, 0.2) is 17.3 Å². The van der Waals surface area contributed by atoms with Crippen LogP contribution in [0.4, 0.5) is 0 Å². The number of unbranched alkanes of at least 4 members (excludes halogenated alkanes) is 2. The largest absolute Gasteiger partial charge is 0.284 e. The van der Waals surface area contributed by atoms with E-state index in [1.165, 1.54) is 12.4 Å². The van der Waals surface area contributed by atoms with Crippen molar-refractivity contribution in [2.24, 2.45) is 0 Å². The summed E-state index contributed by atoms with van der Waals surface area (Å²) in [5.41, 5.74) is 0. The number of hydrogen-bond donors (Lipinski definition) is 2. The van der Waals surface area contributed by atoms with Gasteiger partial charge in [-0.1, -0.05) is 19.8 Å². The van der Waals surface area contributed by atoms with Crippen molar-refractivity contribution >= 4 is 10.0 Å². The van der Waals surface area contributed by atoms with Crippen LogP contribution in [-0.2, 0) is 10.0 Å². The van der Waals surface area contributed by atoms with E-state index in [2.05, 4.69) is 21.8 Å². The predicted octanol–water partition coefficient (Wildman–Crippen LogP) is 0.878. The van der Waals surface area contributed by atoms with E-state index in [1.54, 1.807) is 0 Å². The molecular formula is C8H15N3O2S. The van der Waals surface area contributed by atoms with Gasteiger partial charge in [0, 0.05) is 12.7 Å². The van der Waals surface area contributed by atoms with Gasteiger partial charge in [0.15, 0.2) is 0 Å². The summed E-state index contributed by atoms with van der Waals surface area (Å²) in [6, 6.07) is 0. The van der Waals surface area contributed by atoms with E-state index in [9.17, 15) is 8.42 Å². The maximum Gasteiger partial charge on any atom is 0.243 e. The summed E-state index contributed by atoms with van der Waals surface area (Å²) in [7, 11) is -3.34. The third kappa shape index (κ3) is 3.12. The number of nitrogens with one attached hydrogen (secondary N) is 2. The van der Waals surface area contributed by atoms with Crippen molar-refractivity contribution in [2.45, 2.75) is 31.1 Å². The van der Waals surface area contributed by atoms with Gasteiger partial charge >= 0.3 is 0 Å². The topological polar surface area (TPSA) is 74.8 Å². The summed E-state index contributed by atoms with van der Waals surface area (Å²) in [4.78, 5) is 0.189. The monoisotopic (exact) mass is 217 g/mol. The van der Waals surface area contributed by atoms with Crippen LogP contribution >= 0.6 is 0 Å². The van der Waals surface area contributed by atoms with Gasteiger partial charge in [0.2, 0.25) is 10.0 Å². The van der Waals surface area contributed by atoms with E-state index in [1.807, 2.05) is 0 Å². The highest BCUT2D eigenvalue weighted by atomic mass is 32.2. The second-order valence-electron chi connectivity index (χ2n) is 3.04. The Morgan fingerprint density at radius 1 is 1.50 bits per heavy atom. The highest BCUT2D eigenvalue weighted by Gasteiger charge is 2.13. The van der Waals surface area contributed by atoms with Crippen LogP contribution in [0.3, 0.4) is 0 Å². The van der Waals surface area contributed by atoms with E-state index in [0.29, 0.717) is 6.54 Å². The van der Waals surface area contributed by atoms with Crippen LogP contribution < -0.4 is 4.72 Å². The van der Waals surface area contributed by atoms with Crippen LogP contribution in [0.25, 0.3) is 0 Å². The lowest BCUT2D eigenvalue weighted by Crippen LogP contribution is -2.24. The summed E-state index contributed by atoms with van der Waals surface area (Å²) < 4.78 is 25.5. The molecule has 0 fully saturated rings. The number of rotatable bonds is 6. The first-order valence-electron chi connectivity index (χ1n) is 4.65. The van der Waals surface area contributed by atoms with Gasteiger partial charge < -0.3 is 0 Å². The van der Waals surface area contributed by atoms with E-state index in [4.69, 9.17) is 0 Å². The SMILES string of the molecule is CCCCCNS(=O)(=O)c1cn[nH]c1. The number of nitrogens with zero attached hydrogens (tertiary/aromatic N) is 1. The third-order valence-corrected chi connectivity index (χ3v) is 3.28. The van der Waals surface area contributed by atoms with Gasteiger partial charge in [-0.25, -0.2) is 13.1 Å². The lowest BCUT2D eigenvalue weighted by Gasteiger charge is -2.02. The fraction of sp³-hybridized carbons (Fsp3) is 0.625. The first-order chi connectivity index (χ1) is 6.67. The molecule has 2 N–H and O–H groups in total. The second kappa shape index (κ2) is 5.11. The normalized spacial score (nSPS) is 11.8. The zero-order chi connectivity index (χ0) is 10.4. The quantitative estimate of drug-likeness (QED) is 0.694. The van der Waals surface area contributed by atoms with Gasteiger partial charge in [0.1, 0.15) is 4.90 Å². The van der Waals surface area contributed by atoms with E-state index >= 15 is 0 Å². The van der Waals surface area contributed by atoms with Crippen molar-refractivity contribution in [3.05, 3.63) is 12.4 Å². The molecule has 0 radical (unpaired) electrons. The van der Waals surface area contributed by atoms with Crippen molar-refractivity contribution in [1.29, 1.82) is 0 Å². The standard InChI is InChI=1S/C8H15N3O2S/c1-2-3-4-5-11-14(12,13)8-6-9-10-7-8/h6-7,11H,2-5H2,1H3,(H,9,10). The molecule has 0 aliphatic rings. The Balaban J connectivity index is 2.44. The van der Waals surface area contributed by atoms with Gasteiger partial charge in [0.05, 0.1) is 6.20 Å². The third-order valence-electron chi connectivity index (χ3n) is 1.86. The first-order valence-corrected chi connectivity index (χ1v) is 6.13. The summed E-state index contributed by atoms with van der Waals surface area (Å²) in [5.74, 6) is 0. The van der Waals surface area contributed by atoms with Gasteiger partial charge in [-0.3, -0.25) is 5.10 Å². The van der Waals surface area contributed by atoms with Crippen LogP contribution in [-0.4, -0.2) is 25.2 Å². The molecule has 0 atom stereocenters. The predicted molar refractivity (Wildman–Crippen MR) is 53.3 cm³/mol. The summed E-state index contributed by atoms with van der Waals surface area (Å²) in [6.07, 6.45) is 5.64. The smallest absolute Gasteiger partial charge is 0.243 e. The molecule has 0 bridgehead atoms. The van der Waals surface area contributed by atoms with Crippen molar-refractivity contribution in [1.82, 2.24) is 14.9 Å². The molecule has 1 aromatic heterocycles. The first kappa shape index (κ1) is 11.2. The lowest BCUT2D eigenvalue weighted by molar-refractivity contribution is 0.576. The Kier molecular flexibility index (Phi) is 4.09. The Labute approximate surface area is 84.0 Å². The molecule has 14 heavy (non-hydrogen) atoms. The second-order valence-corrected chi connectivity index (χ2v) is 4.81. The summed E-state index contributed by atoms with van der Waals surface area (Å²) in [5, 5.41) is 6.06. The fourth-order valence-electron chi connectivity index (χ4n) is 1.05. The molecule has 1 heterocycles. The molecule has 1 aromatic rings. The van der Waals surface area contributed by atoms with Crippen LogP contribution in [0.2, 0.25) is 0 Å². The van der Waals surface area contributed by atoms with Gasteiger partial charge in [-0.2, -0.15) is 5.10 Å². The molecule has 0 unspecified atom stereocenters. The number of H-pyrrole nitrogens is 1. The molecule has 0 saturated heterocycles. The van der Waals surface area contributed by atoms with Gasteiger partial charge in [0.25, 0.3) is 0 Å². The molecule has 0 saturated carbocycles. The summed E-state index contributed by atoms with van der Waals surface area (Å²) in [6.45, 7) is 2.56. The van der Waals surface area contributed by atoms with Crippen LogP contribution in [0.1, 0.15) is 26.2 Å². The highest BCUT2D eigenvalue weighted by molar-refractivity contribution is 7.89. The van der Waals surface area contributed by atoms with Crippen molar-refractivity contribution in [3.63, 3.8) is 0 Å². The lowest BCUT2D eigenvalue weighted by atomic mass is 10.3. The molecule has 0 spiro atoms. The van der Waals surface area contributed by atoms with E-state index in [0.717, 1.165) is 19.3 Å². The zero-order valence-corrected chi connectivity index (χ0v) is 8.97. The van der Waals surface area contributed by atoms with E-state index in [-0.39, 0.29) is 4.90 Å². The molecule has 0 aliphatic heterocycles. The average molecular weight is 217 g/mol. The van der Waals surface area contributed by atoms with Gasteiger partial charge in [-0.05, 0) is 6.42 Å². The van der Waals surface area contributed by atoms with Crippen LogP contribution in [0.5, 0.6) is 0 Å². The van der Waals surface area contributed by atoms with Gasteiger partial charge in [-0.15, -0.1) is 0 Å². The minimum Gasteiger partial charge on any atom is -0.284 e. The Morgan fingerprint density at radius 3 is 2.86 bits per heavy atom. The van der Waals surface area contributed by atoms with Crippen LogP contribution in [0, 0.1) is 0 Å². The Bertz CT molecular complexity index is 345. The maximum absolute atomic E-state index is 11.5. The highest BCUT2D eigenvalue weighted by Crippen LogP contribution is 2.04. The average Bonchev–Trinajstić information content (AvgIpc) is 2.65. The number of hydrogen-bond acceptors (Lipinski definition) is 3. The minimum atomic E-state index is -3.34. The molecule has 0 aliphatic carbocycles. The zero-order valence-electron chi connectivity index (χ0n) is 8.16. The Hall–Kier alpha value is -0.880. The minimum absolute atomic E-state index is 0.189. The molecule has 0 aromatic carbocycles. The Morgan fingerprint density at radius 2 is 2.29 bits per heavy atom. The molecule has 5 nitrogen and oxygen atoms in total. The van der Waals surface area contributed by atoms with Crippen molar-refractivity contribution in [3.8, 4) is 0 Å². The molecular weight excluding hydrogens is 202 g/mol. The molecule has 0 amide bonds. The summed E-state index contributed by atoms with van der Waals surface area (Å²) >= 11 is 0. The number of aromatic nitrogens is 2. The van der Waals surface area contributed by atoms with E-state index < -0.39 is 10.0 Å². The van der Waals surface area contributed by atoms with Crippen molar-refractivity contribution in [2.75, 3.05) is 6.54 Å².